The van der Waals surface area contributed by atoms with Gasteiger partial charge >= 0.3 is 0 Å². The number of benzene rings is 1. The maximum absolute atomic E-state index is 10.0. The second-order valence-electron chi connectivity index (χ2n) is 4.91. The van der Waals surface area contributed by atoms with Crippen molar-refractivity contribution in [3.05, 3.63) is 23.8 Å². The maximum atomic E-state index is 10.0. The number of nitrogens with zero attached hydrogens (tertiary/aromatic N) is 2. The zero-order valence-electron chi connectivity index (χ0n) is 13.1. The Hall–Kier alpha value is -1.82. The van der Waals surface area contributed by atoms with Crippen molar-refractivity contribution in [1.82, 2.24) is 10.7 Å². The van der Waals surface area contributed by atoms with E-state index in [-0.39, 0.29) is 11.8 Å². The predicted molar refractivity (Wildman–Crippen MR) is 93.3 cm³/mol. The summed E-state index contributed by atoms with van der Waals surface area (Å²) >= 11 is 5.06. The maximum Gasteiger partial charge on any atom is 0.187 e. The van der Waals surface area contributed by atoms with Gasteiger partial charge < -0.3 is 15.3 Å². The van der Waals surface area contributed by atoms with Crippen molar-refractivity contribution in [3.8, 4) is 5.75 Å². The van der Waals surface area contributed by atoms with Gasteiger partial charge in [-0.25, -0.2) is 0 Å². The number of phenols is 1. The number of rotatable bonds is 6. The average molecular weight is 308 g/mol. The van der Waals surface area contributed by atoms with Crippen molar-refractivity contribution in [2.45, 2.75) is 33.7 Å². The van der Waals surface area contributed by atoms with Crippen molar-refractivity contribution < 1.29 is 5.11 Å². The molecule has 116 valence electrons. The highest BCUT2D eigenvalue weighted by Crippen LogP contribution is 2.23. The fourth-order valence-electron chi connectivity index (χ4n) is 1.88. The summed E-state index contributed by atoms with van der Waals surface area (Å²) < 4.78 is 0. The summed E-state index contributed by atoms with van der Waals surface area (Å²) in [7, 11) is 0. The van der Waals surface area contributed by atoms with Gasteiger partial charge in [-0.2, -0.15) is 5.10 Å². The largest absolute Gasteiger partial charge is 0.507 e. The molecule has 0 radical (unpaired) electrons. The lowest BCUT2D eigenvalue weighted by molar-refractivity contribution is 0.474. The Morgan fingerprint density at radius 1 is 1.38 bits per heavy atom. The van der Waals surface area contributed by atoms with E-state index in [2.05, 4.69) is 34.6 Å². The summed E-state index contributed by atoms with van der Waals surface area (Å²) in [4.78, 5) is 2.17. The Balaban J connectivity index is 2.70. The first-order chi connectivity index (χ1) is 9.97. The van der Waals surface area contributed by atoms with Gasteiger partial charge in [0.2, 0.25) is 0 Å². The van der Waals surface area contributed by atoms with Crippen molar-refractivity contribution in [3.63, 3.8) is 0 Å². The lowest BCUT2D eigenvalue weighted by Crippen LogP contribution is -2.36. The van der Waals surface area contributed by atoms with Gasteiger partial charge in [0.1, 0.15) is 5.75 Å². The van der Waals surface area contributed by atoms with Crippen molar-refractivity contribution in [2.75, 3.05) is 18.0 Å². The molecule has 0 bridgehead atoms. The Morgan fingerprint density at radius 2 is 2.05 bits per heavy atom. The molecule has 21 heavy (non-hydrogen) atoms. The quantitative estimate of drug-likeness (QED) is 0.428. The molecule has 0 aliphatic carbocycles. The minimum atomic E-state index is 0.202. The van der Waals surface area contributed by atoms with Crippen LogP contribution in [0.5, 0.6) is 5.75 Å². The summed E-state index contributed by atoms with van der Waals surface area (Å²) in [6.07, 6.45) is 1.55. The fourth-order valence-corrected chi connectivity index (χ4v) is 2.17. The number of hydrogen-bond acceptors (Lipinski definition) is 4. The van der Waals surface area contributed by atoms with Crippen LogP contribution in [-0.4, -0.2) is 35.6 Å². The van der Waals surface area contributed by atoms with Crippen LogP contribution in [-0.2, 0) is 0 Å². The SMILES string of the molecule is CCN(CC)c1ccc(/C=N/NC(=S)NC(C)C)c(O)c1. The predicted octanol–water partition coefficient (Wildman–Crippen LogP) is 2.44. The average Bonchev–Trinajstić information content (AvgIpc) is 2.41. The van der Waals surface area contributed by atoms with E-state index in [0.29, 0.717) is 10.7 Å². The molecule has 0 unspecified atom stereocenters. The molecule has 0 atom stereocenters. The summed E-state index contributed by atoms with van der Waals surface area (Å²) in [5.74, 6) is 0.202. The number of hydrazone groups is 1. The molecule has 0 aromatic heterocycles. The number of phenolic OH excluding ortho intramolecular Hbond substituents is 1. The van der Waals surface area contributed by atoms with Gasteiger partial charge in [0, 0.05) is 36.4 Å². The Morgan fingerprint density at radius 3 is 2.57 bits per heavy atom. The van der Waals surface area contributed by atoms with Crippen LogP contribution in [0.25, 0.3) is 0 Å². The van der Waals surface area contributed by atoms with E-state index < -0.39 is 0 Å². The first kappa shape index (κ1) is 17.2. The lowest BCUT2D eigenvalue weighted by Gasteiger charge is -2.21. The van der Waals surface area contributed by atoms with Crippen LogP contribution in [0.2, 0.25) is 0 Å². The zero-order valence-corrected chi connectivity index (χ0v) is 13.9. The van der Waals surface area contributed by atoms with E-state index in [1.54, 1.807) is 12.3 Å². The molecule has 0 aliphatic rings. The van der Waals surface area contributed by atoms with Crippen LogP contribution >= 0.6 is 12.2 Å². The van der Waals surface area contributed by atoms with Crippen LogP contribution in [0, 0.1) is 0 Å². The highest BCUT2D eigenvalue weighted by molar-refractivity contribution is 7.80. The van der Waals surface area contributed by atoms with E-state index >= 15 is 0 Å². The molecule has 1 rings (SSSR count). The first-order valence-corrected chi connectivity index (χ1v) is 7.56. The molecule has 0 fully saturated rings. The molecule has 0 saturated heterocycles. The summed E-state index contributed by atoms with van der Waals surface area (Å²) in [6.45, 7) is 9.97. The highest BCUT2D eigenvalue weighted by atomic mass is 32.1. The standard InChI is InChI=1S/C15H24N4OS/c1-5-19(6-2)13-8-7-12(14(20)9-13)10-16-18-15(21)17-11(3)4/h7-11,20H,5-6H2,1-4H3,(H2,17,18,21)/b16-10+. The molecule has 0 amide bonds. The Bertz CT molecular complexity index is 498. The molecule has 5 nitrogen and oxygen atoms in total. The third kappa shape index (κ3) is 5.59. The number of aromatic hydroxyl groups is 1. The molecule has 3 N–H and O–H groups in total. The number of thiocarbonyl (C=S) groups is 1. The topological polar surface area (TPSA) is 59.9 Å². The van der Waals surface area contributed by atoms with Crippen LogP contribution in [0.4, 0.5) is 5.69 Å². The molecule has 0 aliphatic heterocycles. The molecule has 0 spiro atoms. The Kier molecular flexibility index (Phi) is 6.94. The van der Waals surface area contributed by atoms with E-state index in [1.807, 2.05) is 26.0 Å². The van der Waals surface area contributed by atoms with Gasteiger partial charge in [0.15, 0.2) is 5.11 Å². The summed E-state index contributed by atoms with van der Waals surface area (Å²) in [5, 5.41) is 17.5. The van der Waals surface area contributed by atoms with E-state index in [0.717, 1.165) is 18.8 Å². The Labute approximate surface area is 132 Å². The third-order valence-electron chi connectivity index (χ3n) is 2.93. The molecule has 0 saturated carbocycles. The lowest BCUT2D eigenvalue weighted by atomic mass is 10.2. The highest BCUT2D eigenvalue weighted by Gasteiger charge is 2.05. The number of anilines is 1. The summed E-state index contributed by atoms with van der Waals surface area (Å²) in [6, 6.07) is 5.81. The third-order valence-corrected chi connectivity index (χ3v) is 3.14. The van der Waals surface area contributed by atoms with Gasteiger partial charge in [-0.15, -0.1) is 0 Å². The molecule has 1 aromatic rings. The molecular formula is C15H24N4OS. The smallest absolute Gasteiger partial charge is 0.187 e. The fraction of sp³-hybridized carbons (Fsp3) is 0.467. The second kappa shape index (κ2) is 8.46. The van der Waals surface area contributed by atoms with Crippen LogP contribution in [0.1, 0.15) is 33.3 Å². The monoisotopic (exact) mass is 308 g/mol. The molecule has 0 heterocycles. The van der Waals surface area contributed by atoms with Crippen molar-refractivity contribution >= 4 is 29.2 Å². The van der Waals surface area contributed by atoms with Gasteiger partial charge in [-0.05, 0) is 52.0 Å². The number of nitrogens with one attached hydrogen (secondary N) is 2. The zero-order chi connectivity index (χ0) is 15.8. The summed E-state index contributed by atoms with van der Waals surface area (Å²) in [5.41, 5.74) is 4.36. The normalized spacial score (nSPS) is 10.9. The van der Waals surface area contributed by atoms with Crippen molar-refractivity contribution in [2.24, 2.45) is 5.10 Å². The minimum Gasteiger partial charge on any atom is -0.507 e. The molecule has 1 aromatic carbocycles. The minimum absolute atomic E-state index is 0.202. The van der Waals surface area contributed by atoms with Crippen molar-refractivity contribution in [1.29, 1.82) is 0 Å². The number of hydrogen-bond donors (Lipinski definition) is 3. The molecule has 6 heteroatoms. The molecular weight excluding hydrogens is 284 g/mol. The second-order valence-corrected chi connectivity index (χ2v) is 5.32. The van der Waals surface area contributed by atoms with Gasteiger partial charge in [-0.1, -0.05) is 0 Å². The van der Waals surface area contributed by atoms with Crippen LogP contribution < -0.4 is 15.6 Å². The van der Waals surface area contributed by atoms with Crippen LogP contribution in [0.3, 0.4) is 0 Å². The van der Waals surface area contributed by atoms with Gasteiger partial charge in [-0.3, -0.25) is 5.43 Å². The first-order valence-electron chi connectivity index (χ1n) is 7.15. The van der Waals surface area contributed by atoms with E-state index in [4.69, 9.17) is 12.2 Å². The van der Waals surface area contributed by atoms with Gasteiger partial charge in [0.05, 0.1) is 6.21 Å². The van der Waals surface area contributed by atoms with Gasteiger partial charge in [0.25, 0.3) is 0 Å². The van der Waals surface area contributed by atoms with Crippen LogP contribution in [0.15, 0.2) is 23.3 Å². The van der Waals surface area contributed by atoms with E-state index in [9.17, 15) is 5.11 Å². The van der Waals surface area contributed by atoms with E-state index in [1.165, 1.54) is 0 Å².